The van der Waals surface area contributed by atoms with Crippen LogP contribution in [0.15, 0.2) is 27.7 Å². The van der Waals surface area contributed by atoms with Gasteiger partial charge in [0.15, 0.2) is 5.96 Å². The van der Waals surface area contributed by atoms with E-state index in [4.69, 9.17) is 9.73 Å². The van der Waals surface area contributed by atoms with E-state index in [9.17, 15) is 4.39 Å². The zero-order valence-corrected chi connectivity index (χ0v) is 17.8. The Balaban J connectivity index is 0.00000208. The van der Waals surface area contributed by atoms with Crippen molar-refractivity contribution in [3.8, 4) is 0 Å². The van der Waals surface area contributed by atoms with Crippen LogP contribution in [0.1, 0.15) is 25.3 Å². The summed E-state index contributed by atoms with van der Waals surface area (Å²) in [6, 6.07) is 5.16. The number of benzene rings is 1. The van der Waals surface area contributed by atoms with E-state index in [1.807, 2.05) is 6.07 Å². The van der Waals surface area contributed by atoms with Gasteiger partial charge in [-0.05, 0) is 53.4 Å². The summed E-state index contributed by atoms with van der Waals surface area (Å²) in [5, 5.41) is 3.36. The van der Waals surface area contributed by atoms with Gasteiger partial charge in [0.1, 0.15) is 5.82 Å². The van der Waals surface area contributed by atoms with Crippen LogP contribution in [0, 0.1) is 11.2 Å². The fourth-order valence-electron chi connectivity index (χ4n) is 3.32. The van der Waals surface area contributed by atoms with Gasteiger partial charge < -0.3 is 15.0 Å². The van der Waals surface area contributed by atoms with Crippen LogP contribution in [0.3, 0.4) is 0 Å². The molecule has 2 saturated heterocycles. The lowest BCUT2D eigenvalue weighted by atomic mass is 9.87. The van der Waals surface area contributed by atoms with Crippen LogP contribution in [0.2, 0.25) is 0 Å². The Morgan fingerprint density at radius 3 is 2.96 bits per heavy atom. The summed E-state index contributed by atoms with van der Waals surface area (Å²) >= 11 is 3.18. The third kappa shape index (κ3) is 4.60. The van der Waals surface area contributed by atoms with E-state index in [2.05, 4.69) is 33.1 Å². The number of nitrogens with zero attached hydrogens (tertiary/aromatic N) is 2. The highest BCUT2D eigenvalue weighted by atomic mass is 127. The summed E-state index contributed by atoms with van der Waals surface area (Å²) in [6.07, 6.45) is 2.30. The highest BCUT2D eigenvalue weighted by Crippen LogP contribution is 2.38. The maximum Gasteiger partial charge on any atom is 0.194 e. The van der Waals surface area contributed by atoms with Crippen LogP contribution in [0.4, 0.5) is 4.39 Å². The molecule has 1 atom stereocenters. The molecule has 0 bridgehead atoms. The first kappa shape index (κ1) is 19.9. The molecule has 24 heavy (non-hydrogen) atoms. The lowest BCUT2D eigenvalue weighted by Gasteiger charge is -2.25. The Morgan fingerprint density at radius 1 is 1.46 bits per heavy atom. The van der Waals surface area contributed by atoms with Gasteiger partial charge in [0.2, 0.25) is 0 Å². The number of ether oxygens (including phenoxy) is 1. The number of likely N-dealkylation sites (tertiary alicyclic amines) is 1. The highest BCUT2D eigenvalue weighted by molar-refractivity contribution is 14.0. The average Bonchev–Trinajstić information content (AvgIpc) is 3.17. The topological polar surface area (TPSA) is 36.9 Å². The van der Waals surface area contributed by atoms with Crippen molar-refractivity contribution >= 4 is 45.9 Å². The molecular weight excluding hydrogens is 488 g/mol. The largest absolute Gasteiger partial charge is 0.381 e. The summed E-state index contributed by atoms with van der Waals surface area (Å²) in [6.45, 7) is 7.11. The second-order valence-corrected chi connectivity index (χ2v) is 7.25. The van der Waals surface area contributed by atoms with E-state index in [0.29, 0.717) is 16.4 Å². The Bertz CT molecular complexity index is 593. The van der Waals surface area contributed by atoms with Gasteiger partial charge in [-0.15, -0.1) is 24.0 Å². The van der Waals surface area contributed by atoms with Gasteiger partial charge >= 0.3 is 0 Å². The second kappa shape index (κ2) is 8.80. The molecule has 0 saturated carbocycles. The first-order valence-corrected chi connectivity index (χ1v) is 8.96. The Hall–Kier alpha value is -0.410. The Labute approximate surface area is 168 Å². The van der Waals surface area contributed by atoms with Crippen molar-refractivity contribution in [3.63, 3.8) is 0 Å². The van der Waals surface area contributed by atoms with Crippen LogP contribution in [0.5, 0.6) is 0 Å². The molecule has 7 heteroatoms. The van der Waals surface area contributed by atoms with E-state index in [1.54, 1.807) is 6.07 Å². The first-order chi connectivity index (χ1) is 11.1. The lowest BCUT2D eigenvalue weighted by Crippen LogP contribution is -2.41. The minimum Gasteiger partial charge on any atom is -0.381 e. The quantitative estimate of drug-likeness (QED) is 0.381. The number of guanidine groups is 1. The van der Waals surface area contributed by atoms with Gasteiger partial charge in [-0.3, -0.25) is 0 Å². The molecule has 0 amide bonds. The molecule has 1 unspecified atom stereocenters. The van der Waals surface area contributed by atoms with Crippen molar-refractivity contribution in [2.24, 2.45) is 10.4 Å². The molecule has 134 valence electrons. The number of rotatable bonds is 3. The third-order valence-corrected chi connectivity index (χ3v) is 5.30. The summed E-state index contributed by atoms with van der Waals surface area (Å²) in [5.74, 6) is 0.672. The van der Waals surface area contributed by atoms with Gasteiger partial charge in [0, 0.05) is 31.7 Å². The van der Waals surface area contributed by atoms with Crippen molar-refractivity contribution < 1.29 is 9.13 Å². The molecule has 1 spiro atoms. The molecule has 3 rings (SSSR count). The molecule has 4 nitrogen and oxygen atoms in total. The minimum absolute atomic E-state index is 0. The monoisotopic (exact) mass is 511 g/mol. The second-order valence-electron chi connectivity index (χ2n) is 6.39. The predicted molar refractivity (Wildman–Crippen MR) is 108 cm³/mol. The van der Waals surface area contributed by atoms with Crippen LogP contribution >= 0.6 is 39.9 Å². The van der Waals surface area contributed by atoms with Crippen LogP contribution in [-0.2, 0) is 11.3 Å². The van der Waals surface area contributed by atoms with E-state index < -0.39 is 0 Å². The molecule has 1 N–H and O–H groups in total. The number of hydrogen-bond donors (Lipinski definition) is 1. The molecule has 1 aromatic carbocycles. The van der Waals surface area contributed by atoms with E-state index >= 15 is 0 Å². The minimum atomic E-state index is -0.245. The van der Waals surface area contributed by atoms with Gasteiger partial charge in [-0.2, -0.15) is 0 Å². The molecule has 2 aliphatic rings. The number of hydrogen-bond acceptors (Lipinski definition) is 2. The number of aliphatic imine (C=N–C) groups is 1. The van der Waals surface area contributed by atoms with Crippen molar-refractivity contribution in [3.05, 3.63) is 34.1 Å². The fourth-order valence-corrected chi connectivity index (χ4v) is 3.56. The fraction of sp³-hybridized carbons (Fsp3) is 0.588. The number of nitrogens with one attached hydrogen (secondary N) is 1. The highest BCUT2D eigenvalue weighted by Gasteiger charge is 2.42. The van der Waals surface area contributed by atoms with Gasteiger partial charge in [-0.25, -0.2) is 9.38 Å². The Morgan fingerprint density at radius 2 is 2.29 bits per heavy atom. The molecule has 2 aliphatic heterocycles. The number of halogens is 3. The summed E-state index contributed by atoms with van der Waals surface area (Å²) in [4.78, 5) is 7.01. The maximum absolute atomic E-state index is 13.6. The molecule has 0 radical (unpaired) electrons. The van der Waals surface area contributed by atoms with Crippen LogP contribution < -0.4 is 5.32 Å². The standard InChI is InChI=1S/C17H23BrFN3O.HI/c1-2-20-16(21-10-13-3-4-14(18)15(19)9-13)22-7-5-17(11-22)6-8-23-12-17;/h3-4,9H,2,5-8,10-12H2,1H3,(H,20,21);1H. The molecule has 0 aromatic heterocycles. The van der Waals surface area contributed by atoms with Gasteiger partial charge in [0.05, 0.1) is 17.6 Å². The third-order valence-electron chi connectivity index (χ3n) is 4.65. The van der Waals surface area contributed by atoms with E-state index in [0.717, 1.165) is 57.2 Å². The van der Waals surface area contributed by atoms with Crippen molar-refractivity contribution in [2.45, 2.75) is 26.3 Å². The predicted octanol–water partition coefficient (Wildman–Crippen LogP) is 3.78. The van der Waals surface area contributed by atoms with E-state index in [1.165, 1.54) is 6.07 Å². The summed E-state index contributed by atoms with van der Waals surface area (Å²) < 4.78 is 19.7. The van der Waals surface area contributed by atoms with Crippen LogP contribution in [0.25, 0.3) is 0 Å². The van der Waals surface area contributed by atoms with Crippen molar-refractivity contribution in [1.29, 1.82) is 0 Å². The lowest BCUT2D eigenvalue weighted by molar-refractivity contribution is 0.156. The molecule has 0 aliphatic carbocycles. The van der Waals surface area contributed by atoms with Gasteiger partial charge in [0.25, 0.3) is 0 Å². The van der Waals surface area contributed by atoms with Crippen molar-refractivity contribution in [1.82, 2.24) is 10.2 Å². The Kier molecular flexibility index (Phi) is 7.30. The van der Waals surface area contributed by atoms with E-state index in [-0.39, 0.29) is 29.8 Å². The summed E-state index contributed by atoms with van der Waals surface area (Å²) in [5.41, 5.74) is 1.18. The first-order valence-electron chi connectivity index (χ1n) is 8.17. The summed E-state index contributed by atoms with van der Waals surface area (Å²) in [7, 11) is 0. The smallest absolute Gasteiger partial charge is 0.194 e. The average molecular weight is 512 g/mol. The molecule has 2 heterocycles. The molecule has 1 aromatic rings. The molecule has 2 fully saturated rings. The normalized spacial score (nSPS) is 23.6. The zero-order valence-electron chi connectivity index (χ0n) is 13.9. The maximum atomic E-state index is 13.6. The SMILES string of the molecule is CCNC(=NCc1ccc(Br)c(F)c1)N1CCC2(CCOC2)C1.I. The van der Waals surface area contributed by atoms with Crippen LogP contribution in [-0.4, -0.2) is 43.7 Å². The van der Waals surface area contributed by atoms with Gasteiger partial charge in [-0.1, -0.05) is 6.07 Å². The van der Waals surface area contributed by atoms with Crippen molar-refractivity contribution in [2.75, 3.05) is 32.8 Å². The zero-order chi connectivity index (χ0) is 16.3. The molecular formula is C17H24BrFIN3O.